The van der Waals surface area contributed by atoms with Gasteiger partial charge in [-0.3, -0.25) is 0 Å². The zero-order valence-corrected chi connectivity index (χ0v) is 18.1. The van der Waals surface area contributed by atoms with E-state index in [0.29, 0.717) is 18.3 Å². The van der Waals surface area contributed by atoms with Gasteiger partial charge in [0.2, 0.25) is 4.96 Å². The van der Waals surface area contributed by atoms with E-state index in [1.807, 2.05) is 24.3 Å². The Morgan fingerprint density at radius 2 is 1.80 bits per heavy atom. The van der Waals surface area contributed by atoms with Crippen LogP contribution in [0.3, 0.4) is 0 Å². The highest BCUT2D eigenvalue weighted by Crippen LogP contribution is 2.36. The Kier molecular flexibility index (Phi) is 4.90. The Morgan fingerprint density at radius 3 is 2.57 bits per heavy atom. The number of nitrogens with zero attached hydrogens (tertiary/aromatic N) is 4. The number of hydrogen-bond donors (Lipinski definition) is 0. The van der Waals surface area contributed by atoms with Gasteiger partial charge in [-0.15, -0.1) is 10.2 Å². The van der Waals surface area contributed by atoms with Crippen LogP contribution < -0.4 is 9.47 Å². The van der Waals surface area contributed by atoms with Crippen molar-refractivity contribution in [3.8, 4) is 11.5 Å². The number of para-hydroxylation sites is 2. The molecule has 2 atom stereocenters. The minimum atomic E-state index is -0.338. The van der Waals surface area contributed by atoms with Gasteiger partial charge in [-0.05, 0) is 35.6 Å². The van der Waals surface area contributed by atoms with E-state index in [-0.39, 0.29) is 12.0 Å². The number of rotatable bonds is 5. The van der Waals surface area contributed by atoms with Gasteiger partial charge in [-0.1, -0.05) is 68.5 Å². The van der Waals surface area contributed by atoms with Crippen molar-refractivity contribution in [2.24, 2.45) is 5.92 Å². The summed E-state index contributed by atoms with van der Waals surface area (Å²) in [5.74, 6) is 2.98. The average molecular weight is 421 g/mol. The summed E-state index contributed by atoms with van der Waals surface area (Å²) in [6.45, 7) is 7.05. The van der Waals surface area contributed by atoms with Gasteiger partial charge < -0.3 is 9.47 Å². The zero-order valence-electron chi connectivity index (χ0n) is 17.3. The van der Waals surface area contributed by atoms with E-state index < -0.39 is 0 Å². The van der Waals surface area contributed by atoms with Crippen LogP contribution in [0, 0.1) is 5.92 Å². The standard InChI is InChI=1S/C23H24N4O2S/c1-14(2)12-16-8-10-17(11-9-16)15(3)22-26-27-21(24-25-23(27)30-22)20-13-28-18-6-4-5-7-19(18)29-20/h4-11,14-15,20H,12-13H2,1-3H3/t15-,20+/m0/s1. The molecule has 0 saturated heterocycles. The fourth-order valence-electron chi connectivity index (χ4n) is 3.73. The lowest BCUT2D eigenvalue weighted by atomic mass is 9.97. The molecule has 1 aliphatic rings. The maximum Gasteiger partial charge on any atom is 0.234 e. The average Bonchev–Trinajstić information content (AvgIpc) is 3.34. The lowest BCUT2D eigenvalue weighted by Crippen LogP contribution is -2.23. The Morgan fingerprint density at radius 1 is 1.03 bits per heavy atom. The highest BCUT2D eigenvalue weighted by molar-refractivity contribution is 7.16. The molecule has 154 valence electrons. The second kappa shape index (κ2) is 7.72. The SMILES string of the molecule is CC(C)Cc1ccc([C@H](C)c2nn3c([C@H]4COc5ccccc5O4)nnc3s2)cc1. The number of hydrogen-bond acceptors (Lipinski definition) is 6. The summed E-state index contributed by atoms with van der Waals surface area (Å²) in [5.41, 5.74) is 2.62. The van der Waals surface area contributed by atoms with Crippen molar-refractivity contribution >= 4 is 16.3 Å². The smallest absolute Gasteiger partial charge is 0.234 e. The van der Waals surface area contributed by atoms with Crippen LogP contribution in [0.4, 0.5) is 0 Å². The van der Waals surface area contributed by atoms with Crippen LogP contribution in [0.1, 0.15) is 54.8 Å². The molecule has 6 nitrogen and oxygen atoms in total. The Labute approximate surface area is 179 Å². The van der Waals surface area contributed by atoms with Crippen molar-refractivity contribution in [1.29, 1.82) is 0 Å². The first-order chi connectivity index (χ1) is 14.6. The van der Waals surface area contributed by atoms with E-state index in [1.165, 1.54) is 11.1 Å². The molecule has 0 bridgehead atoms. The number of ether oxygens (including phenoxy) is 2. The number of aromatic nitrogens is 4. The van der Waals surface area contributed by atoms with Gasteiger partial charge in [-0.25, -0.2) is 0 Å². The third kappa shape index (κ3) is 3.54. The molecule has 7 heteroatoms. The van der Waals surface area contributed by atoms with Crippen molar-refractivity contribution in [3.05, 3.63) is 70.5 Å². The molecule has 30 heavy (non-hydrogen) atoms. The Balaban J connectivity index is 1.39. The third-order valence-electron chi connectivity index (χ3n) is 5.32. The summed E-state index contributed by atoms with van der Waals surface area (Å²) in [6, 6.07) is 16.5. The molecule has 0 N–H and O–H groups in total. The summed E-state index contributed by atoms with van der Waals surface area (Å²) < 4.78 is 13.7. The molecule has 3 heterocycles. The first-order valence-electron chi connectivity index (χ1n) is 10.3. The summed E-state index contributed by atoms with van der Waals surface area (Å²) in [5, 5.41) is 14.5. The number of fused-ring (bicyclic) bond motifs is 2. The lowest BCUT2D eigenvalue weighted by molar-refractivity contribution is 0.0836. The quantitative estimate of drug-likeness (QED) is 0.452. The van der Waals surface area contributed by atoms with Gasteiger partial charge in [0.25, 0.3) is 0 Å². The van der Waals surface area contributed by atoms with Crippen molar-refractivity contribution in [2.45, 2.75) is 39.2 Å². The highest BCUT2D eigenvalue weighted by atomic mass is 32.1. The van der Waals surface area contributed by atoms with Gasteiger partial charge in [-0.2, -0.15) is 9.61 Å². The van der Waals surface area contributed by atoms with Gasteiger partial charge in [0.05, 0.1) is 0 Å². The maximum absolute atomic E-state index is 6.10. The van der Waals surface area contributed by atoms with Crippen LogP contribution >= 0.6 is 11.3 Å². The van der Waals surface area contributed by atoms with Crippen LogP contribution in [0.2, 0.25) is 0 Å². The van der Waals surface area contributed by atoms with Gasteiger partial charge >= 0.3 is 0 Å². The van der Waals surface area contributed by atoms with Crippen molar-refractivity contribution in [2.75, 3.05) is 6.61 Å². The molecule has 0 aliphatic carbocycles. The van der Waals surface area contributed by atoms with Gasteiger partial charge in [0.1, 0.15) is 11.6 Å². The van der Waals surface area contributed by atoms with Crippen LogP contribution in [-0.4, -0.2) is 26.4 Å². The lowest BCUT2D eigenvalue weighted by Gasteiger charge is -2.24. The minimum Gasteiger partial charge on any atom is -0.485 e. The summed E-state index contributed by atoms with van der Waals surface area (Å²) in [4.78, 5) is 0.769. The Hall–Kier alpha value is -2.93. The van der Waals surface area contributed by atoms with Crippen LogP contribution in [0.15, 0.2) is 48.5 Å². The molecule has 0 spiro atoms. The first kappa shape index (κ1) is 19.1. The first-order valence-corrected chi connectivity index (χ1v) is 11.1. The topological polar surface area (TPSA) is 61.5 Å². The summed E-state index contributed by atoms with van der Waals surface area (Å²) in [6.07, 6.45) is 0.761. The van der Waals surface area contributed by atoms with Gasteiger partial charge in [0.15, 0.2) is 23.4 Å². The molecule has 0 saturated carbocycles. The van der Waals surface area contributed by atoms with Crippen molar-refractivity contribution in [1.82, 2.24) is 19.8 Å². The molecular formula is C23H24N4O2S. The van der Waals surface area contributed by atoms with Gasteiger partial charge in [0, 0.05) is 5.92 Å². The fraction of sp³-hybridized carbons (Fsp3) is 0.348. The van der Waals surface area contributed by atoms with E-state index >= 15 is 0 Å². The monoisotopic (exact) mass is 420 g/mol. The molecule has 0 amide bonds. The Bertz CT molecular complexity index is 1170. The molecule has 0 radical (unpaired) electrons. The van der Waals surface area contributed by atoms with Crippen LogP contribution in [-0.2, 0) is 6.42 Å². The predicted molar refractivity (Wildman–Crippen MR) is 116 cm³/mol. The maximum atomic E-state index is 6.10. The molecule has 5 rings (SSSR count). The highest BCUT2D eigenvalue weighted by Gasteiger charge is 2.28. The normalized spacial score (nSPS) is 16.9. The summed E-state index contributed by atoms with van der Waals surface area (Å²) >= 11 is 1.57. The fourth-order valence-corrected chi connectivity index (χ4v) is 4.65. The third-order valence-corrected chi connectivity index (χ3v) is 6.40. The molecule has 0 fully saturated rings. The molecule has 1 aliphatic heterocycles. The zero-order chi connectivity index (χ0) is 20.7. The molecular weight excluding hydrogens is 396 g/mol. The van der Waals surface area contributed by atoms with E-state index in [4.69, 9.17) is 14.6 Å². The second-order valence-electron chi connectivity index (χ2n) is 8.12. The molecule has 2 aromatic heterocycles. The van der Waals surface area contributed by atoms with E-state index in [0.717, 1.165) is 27.9 Å². The van der Waals surface area contributed by atoms with Crippen LogP contribution in [0.5, 0.6) is 11.5 Å². The van der Waals surface area contributed by atoms with E-state index in [2.05, 4.69) is 55.2 Å². The largest absolute Gasteiger partial charge is 0.485 e. The number of benzene rings is 2. The van der Waals surface area contributed by atoms with Crippen molar-refractivity contribution < 1.29 is 9.47 Å². The predicted octanol–water partition coefficient (Wildman–Crippen LogP) is 5.05. The summed E-state index contributed by atoms with van der Waals surface area (Å²) in [7, 11) is 0. The van der Waals surface area contributed by atoms with Crippen molar-refractivity contribution in [3.63, 3.8) is 0 Å². The molecule has 4 aromatic rings. The molecule has 0 unspecified atom stereocenters. The second-order valence-corrected chi connectivity index (χ2v) is 9.11. The van der Waals surface area contributed by atoms with E-state index in [1.54, 1.807) is 15.9 Å². The van der Waals surface area contributed by atoms with E-state index in [9.17, 15) is 0 Å². The van der Waals surface area contributed by atoms with Crippen LogP contribution in [0.25, 0.3) is 4.96 Å². The minimum absolute atomic E-state index is 0.182. The molecule has 2 aromatic carbocycles.